The van der Waals surface area contributed by atoms with Crippen molar-refractivity contribution in [2.75, 3.05) is 19.6 Å². The van der Waals surface area contributed by atoms with Crippen LogP contribution in [0, 0.1) is 0 Å². The van der Waals surface area contributed by atoms with Crippen LogP contribution in [0.2, 0.25) is 0 Å². The zero-order valence-corrected chi connectivity index (χ0v) is 20.1. The molecule has 2 aromatic carbocycles. The van der Waals surface area contributed by atoms with Crippen LogP contribution >= 0.6 is 0 Å². The van der Waals surface area contributed by atoms with Gasteiger partial charge in [0.25, 0.3) is 0 Å². The number of carboxylic acid groups (broad SMARTS) is 1. The molecule has 8 heteroatoms. The van der Waals surface area contributed by atoms with E-state index in [1.165, 1.54) is 22.3 Å². The monoisotopic (exact) mass is 487 g/mol. The Labute approximate surface area is 204 Å². The molecule has 1 saturated heterocycles. The molecule has 0 spiro atoms. The van der Waals surface area contributed by atoms with Crippen LogP contribution < -0.4 is 9.47 Å². The summed E-state index contributed by atoms with van der Waals surface area (Å²) in [7, 11) is 0. The van der Waals surface area contributed by atoms with E-state index in [1.807, 2.05) is 31.2 Å². The molecular formula is C27H31F2NO5. The molecule has 0 aromatic heterocycles. The number of aryl methyl sites for hydroxylation is 2. The molecule has 1 aliphatic carbocycles. The fraction of sp³-hybridized carbons (Fsp3) is 0.444. The van der Waals surface area contributed by atoms with Crippen molar-refractivity contribution in [3.63, 3.8) is 0 Å². The first-order valence-electron chi connectivity index (χ1n) is 12.0. The van der Waals surface area contributed by atoms with Crippen molar-refractivity contribution in [1.82, 2.24) is 4.90 Å². The zero-order chi connectivity index (χ0) is 24.9. The van der Waals surface area contributed by atoms with Crippen LogP contribution in [0.15, 0.2) is 42.0 Å². The molecule has 1 aliphatic heterocycles. The van der Waals surface area contributed by atoms with Gasteiger partial charge in [0.05, 0.1) is 0 Å². The summed E-state index contributed by atoms with van der Waals surface area (Å²) in [5.41, 5.74) is 6.51. The Morgan fingerprint density at radius 1 is 1.17 bits per heavy atom. The third-order valence-corrected chi connectivity index (χ3v) is 6.59. The van der Waals surface area contributed by atoms with Crippen molar-refractivity contribution >= 4 is 11.7 Å². The summed E-state index contributed by atoms with van der Waals surface area (Å²) in [6.07, 6.45) is 2.07. The van der Waals surface area contributed by atoms with Gasteiger partial charge in [-0.2, -0.15) is 8.78 Å². The van der Waals surface area contributed by atoms with Gasteiger partial charge in [-0.05, 0) is 66.6 Å². The quantitative estimate of drug-likeness (QED) is 0.420. The number of hydrogen-bond donors (Lipinski definition) is 1. The fourth-order valence-corrected chi connectivity index (χ4v) is 4.76. The molecule has 0 bridgehead atoms. The average Bonchev–Trinajstić information content (AvgIpc) is 2.78. The minimum absolute atomic E-state index is 0.141. The van der Waals surface area contributed by atoms with Gasteiger partial charge in [0.15, 0.2) is 0 Å². The van der Waals surface area contributed by atoms with Gasteiger partial charge in [-0.1, -0.05) is 37.1 Å². The summed E-state index contributed by atoms with van der Waals surface area (Å²) in [6.45, 7) is 3.47. The molecule has 1 fully saturated rings. The van der Waals surface area contributed by atoms with E-state index < -0.39 is 12.8 Å². The molecule has 6 nitrogen and oxygen atoms in total. The Morgan fingerprint density at radius 2 is 1.97 bits per heavy atom. The second-order valence-corrected chi connectivity index (χ2v) is 9.11. The van der Waals surface area contributed by atoms with E-state index in [-0.39, 0.29) is 18.5 Å². The van der Waals surface area contributed by atoms with Crippen LogP contribution in [0.4, 0.5) is 13.6 Å². The molecule has 2 aromatic rings. The van der Waals surface area contributed by atoms with Crippen molar-refractivity contribution in [3.8, 4) is 11.5 Å². The van der Waals surface area contributed by atoms with Gasteiger partial charge in [0.2, 0.25) is 0 Å². The predicted octanol–water partition coefficient (Wildman–Crippen LogP) is 5.92. The fourth-order valence-electron chi connectivity index (χ4n) is 4.76. The Balaban J connectivity index is 1.40. The topological polar surface area (TPSA) is 68.2 Å². The van der Waals surface area contributed by atoms with Crippen LogP contribution in [0.1, 0.15) is 48.9 Å². The van der Waals surface area contributed by atoms with Gasteiger partial charge in [0, 0.05) is 25.2 Å². The molecule has 1 heterocycles. The van der Waals surface area contributed by atoms with E-state index in [0.717, 1.165) is 37.8 Å². The summed E-state index contributed by atoms with van der Waals surface area (Å²) in [6, 6.07) is 11.4. The van der Waals surface area contributed by atoms with Gasteiger partial charge in [0.1, 0.15) is 24.2 Å². The summed E-state index contributed by atoms with van der Waals surface area (Å²) in [4.78, 5) is 12.8. The maximum Gasteiger partial charge on any atom is 0.506 e. The molecule has 2 aliphatic rings. The number of halogens is 2. The van der Waals surface area contributed by atoms with Gasteiger partial charge < -0.3 is 19.3 Å². The highest BCUT2D eigenvalue weighted by atomic mass is 19.3. The summed E-state index contributed by atoms with van der Waals surface area (Å²) < 4.78 is 41.3. The van der Waals surface area contributed by atoms with Gasteiger partial charge in [-0.15, -0.1) is 0 Å². The molecule has 0 radical (unpaired) electrons. The van der Waals surface area contributed by atoms with Crippen LogP contribution in [0.3, 0.4) is 0 Å². The van der Waals surface area contributed by atoms with E-state index in [0.29, 0.717) is 24.4 Å². The Hall–Kier alpha value is -3.13. The minimum Gasteiger partial charge on any atom is -0.489 e. The molecular weight excluding hydrogens is 456 g/mol. The lowest BCUT2D eigenvalue weighted by molar-refractivity contribution is -0.0509. The normalized spacial score (nSPS) is 16.1. The van der Waals surface area contributed by atoms with Crippen LogP contribution in [-0.4, -0.2) is 48.5 Å². The Bertz CT molecular complexity index is 1090. The third-order valence-electron chi connectivity index (χ3n) is 6.59. The first-order chi connectivity index (χ1) is 16.8. The van der Waals surface area contributed by atoms with E-state index in [4.69, 9.17) is 19.3 Å². The average molecular weight is 488 g/mol. The minimum atomic E-state index is -2.88. The summed E-state index contributed by atoms with van der Waals surface area (Å²) in [5.74, 6) is 0.853. The number of alkyl halides is 2. The lowest BCUT2D eigenvalue weighted by atomic mass is 9.85. The first kappa shape index (κ1) is 25.0. The Morgan fingerprint density at radius 3 is 2.69 bits per heavy atom. The van der Waals surface area contributed by atoms with E-state index in [9.17, 15) is 13.6 Å². The first-order valence-corrected chi connectivity index (χ1v) is 12.0. The predicted molar refractivity (Wildman–Crippen MR) is 128 cm³/mol. The number of likely N-dealkylation sites (tertiary alicyclic amines) is 1. The molecule has 0 amide bonds. The molecule has 35 heavy (non-hydrogen) atoms. The van der Waals surface area contributed by atoms with Gasteiger partial charge in [-0.3, -0.25) is 4.90 Å². The van der Waals surface area contributed by atoms with E-state index >= 15 is 0 Å². The van der Waals surface area contributed by atoms with Crippen LogP contribution in [0.25, 0.3) is 5.57 Å². The highest BCUT2D eigenvalue weighted by molar-refractivity contribution is 5.72. The second kappa shape index (κ2) is 11.1. The Kier molecular flexibility index (Phi) is 7.90. The zero-order valence-electron chi connectivity index (χ0n) is 20.1. The smallest absolute Gasteiger partial charge is 0.489 e. The molecule has 4 rings (SSSR count). The molecule has 0 atom stereocenters. The van der Waals surface area contributed by atoms with Gasteiger partial charge in [-0.25, -0.2) is 4.79 Å². The van der Waals surface area contributed by atoms with Gasteiger partial charge >= 0.3 is 12.8 Å². The third kappa shape index (κ3) is 6.31. The van der Waals surface area contributed by atoms with Crippen molar-refractivity contribution in [1.29, 1.82) is 0 Å². The van der Waals surface area contributed by atoms with Crippen molar-refractivity contribution < 1.29 is 32.9 Å². The van der Waals surface area contributed by atoms with Crippen molar-refractivity contribution in [3.05, 3.63) is 64.2 Å². The number of allylic oxidation sites excluding steroid dienone is 1. The summed E-state index contributed by atoms with van der Waals surface area (Å²) >= 11 is 0. The number of ether oxygens (including phenoxy) is 3. The maximum absolute atomic E-state index is 12.9. The lowest BCUT2D eigenvalue weighted by Gasteiger charge is -2.39. The number of fused-ring (bicyclic) bond motifs is 1. The molecule has 188 valence electrons. The van der Waals surface area contributed by atoms with Crippen LogP contribution in [0.5, 0.6) is 11.5 Å². The number of hydrogen-bond acceptors (Lipinski definition) is 5. The number of carbonyl (C=O) groups is 1. The largest absolute Gasteiger partial charge is 0.506 e. The molecule has 1 N–H and O–H groups in total. The lowest BCUT2D eigenvalue weighted by Crippen LogP contribution is -2.53. The van der Waals surface area contributed by atoms with E-state index in [2.05, 4.69) is 11.8 Å². The van der Waals surface area contributed by atoms with Crippen molar-refractivity contribution in [2.45, 2.75) is 58.9 Å². The number of rotatable bonds is 10. The highest BCUT2D eigenvalue weighted by Gasteiger charge is 2.31. The van der Waals surface area contributed by atoms with Crippen LogP contribution in [-0.2, 0) is 24.2 Å². The number of benzene rings is 2. The van der Waals surface area contributed by atoms with E-state index in [1.54, 1.807) is 12.1 Å². The maximum atomic E-state index is 12.9. The summed E-state index contributed by atoms with van der Waals surface area (Å²) in [5, 5.41) is 8.72. The number of nitrogens with zero attached hydrogens (tertiary/aromatic N) is 1. The highest BCUT2D eigenvalue weighted by Crippen LogP contribution is 2.35. The molecule has 0 unspecified atom stereocenters. The standard InChI is InChI=1S/C27H31F2NO5/c1-3-4-18-5-6-21(25(11-18)35-26(28)29)16-33-22-9-10-24-17(2)20(8-7-19(24)12-22)13-30-14-23(15-30)34-27(31)32/h5-6,9-12,23,26H,3-4,7-8,13-16H2,1-2H3,(H,31,32). The second-order valence-electron chi connectivity index (χ2n) is 9.11. The van der Waals surface area contributed by atoms with Crippen molar-refractivity contribution in [2.24, 2.45) is 0 Å². The molecule has 0 saturated carbocycles. The SMILES string of the molecule is CCCc1ccc(COc2ccc3c(c2)CCC(CN2CC(OC(=O)O)C2)=C3C)c(OC(F)F)c1.